The molecule has 0 heterocycles. The zero-order valence-electron chi connectivity index (χ0n) is 47.3. The molecule has 0 fully saturated rings. The summed E-state index contributed by atoms with van der Waals surface area (Å²) in [5.74, 6) is -0.183. The summed E-state index contributed by atoms with van der Waals surface area (Å²) < 4.78 is 23.7. The lowest BCUT2D eigenvalue weighted by Gasteiger charge is -2.25. The van der Waals surface area contributed by atoms with Crippen LogP contribution in [0.1, 0.15) is 296 Å². The minimum atomic E-state index is -4.36. The van der Waals surface area contributed by atoms with E-state index in [-0.39, 0.29) is 19.1 Å². The van der Waals surface area contributed by atoms with Gasteiger partial charge < -0.3 is 19.8 Å². The van der Waals surface area contributed by atoms with Crippen molar-refractivity contribution in [2.24, 2.45) is 0 Å². The molecule has 0 saturated heterocycles. The molecule has 1 amide bonds. The van der Waals surface area contributed by atoms with E-state index in [4.69, 9.17) is 9.05 Å². The van der Waals surface area contributed by atoms with Gasteiger partial charge in [0.25, 0.3) is 0 Å². The van der Waals surface area contributed by atoms with Crippen molar-refractivity contribution in [3.05, 3.63) is 36.5 Å². The Hall–Kier alpha value is -1.28. The van der Waals surface area contributed by atoms with Crippen LogP contribution in [0.5, 0.6) is 0 Å². The van der Waals surface area contributed by atoms with Gasteiger partial charge in [0.1, 0.15) is 13.2 Å². The van der Waals surface area contributed by atoms with Gasteiger partial charge in [-0.15, -0.1) is 0 Å². The van der Waals surface area contributed by atoms with E-state index < -0.39 is 20.0 Å². The van der Waals surface area contributed by atoms with Gasteiger partial charge in [0, 0.05) is 6.42 Å². The van der Waals surface area contributed by atoms with Crippen LogP contribution >= 0.6 is 7.82 Å². The molecule has 0 aliphatic carbocycles. The predicted octanol–water partition coefficient (Wildman–Crippen LogP) is 18.5. The van der Waals surface area contributed by atoms with Gasteiger partial charge in [-0.25, -0.2) is 4.57 Å². The number of carbonyl (C=O) groups excluding carboxylic acids is 1. The molecule has 70 heavy (non-hydrogen) atoms. The van der Waals surface area contributed by atoms with E-state index >= 15 is 0 Å². The van der Waals surface area contributed by atoms with E-state index in [1.54, 1.807) is 6.08 Å². The molecule has 3 atom stereocenters. The zero-order valence-corrected chi connectivity index (χ0v) is 48.2. The molecule has 3 N–H and O–H groups in total. The number of likely N-dealkylation sites (N-methyl/N-ethyl adjacent to an activating group) is 1. The van der Waals surface area contributed by atoms with Crippen LogP contribution in [0.4, 0.5) is 0 Å². The van der Waals surface area contributed by atoms with Gasteiger partial charge in [0.2, 0.25) is 5.91 Å². The Bertz CT molecular complexity index is 1230. The van der Waals surface area contributed by atoms with Crippen molar-refractivity contribution >= 4 is 13.7 Å². The maximum absolute atomic E-state index is 13.0. The summed E-state index contributed by atoms with van der Waals surface area (Å²) >= 11 is 0. The fourth-order valence-electron chi connectivity index (χ4n) is 9.06. The molecule has 0 aromatic heterocycles. The van der Waals surface area contributed by atoms with E-state index in [1.807, 2.05) is 27.2 Å². The predicted molar refractivity (Wildman–Crippen MR) is 304 cm³/mol. The summed E-state index contributed by atoms with van der Waals surface area (Å²) in [4.78, 5) is 23.3. The fourth-order valence-corrected chi connectivity index (χ4v) is 9.79. The Morgan fingerprint density at radius 2 is 0.786 bits per heavy atom. The molecule has 0 aliphatic heterocycles. The summed E-state index contributed by atoms with van der Waals surface area (Å²) in [6.45, 7) is 4.84. The van der Waals surface area contributed by atoms with Crippen LogP contribution < -0.4 is 5.32 Å². The lowest BCUT2D eigenvalue weighted by atomic mass is 10.0. The third-order valence-corrected chi connectivity index (χ3v) is 14.8. The molecular formula is C61H120N2O6P+. The summed E-state index contributed by atoms with van der Waals surface area (Å²) in [5.41, 5.74) is 0. The minimum absolute atomic E-state index is 0.0570. The molecule has 0 radical (unpaired) electrons. The number of rotatable bonds is 56. The molecule has 0 rings (SSSR count). The molecule has 0 saturated carbocycles. The lowest BCUT2D eigenvalue weighted by molar-refractivity contribution is -0.870. The van der Waals surface area contributed by atoms with Crippen LogP contribution in [0, 0.1) is 0 Å². The van der Waals surface area contributed by atoms with Crippen molar-refractivity contribution in [2.45, 2.75) is 309 Å². The van der Waals surface area contributed by atoms with Gasteiger partial charge in [0.05, 0.1) is 39.9 Å². The van der Waals surface area contributed by atoms with Crippen LogP contribution in [0.25, 0.3) is 0 Å². The standard InChI is InChI=1S/C61H119N2O6P/c1-6-8-10-12-14-16-18-20-22-24-26-28-29-30-31-32-33-34-35-37-39-41-43-45-47-49-51-53-55-61(65)62-59(58-69-70(66,67)68-57-56-63(3,4)5)60(64)54-52-50-48-46-44-42-40-38-36-27-25-23-21-19-17-15-13-11-9-7-2/h30-31,44,46,52,54,59-60,64H,6-29,32-43,45,47-51,53,55-58H2,1-5H3,(H-,62,65,66,67)/p+1/b31-30-,46-44+,54-52+. The van der Waals surface area contributed by atoms with Gasteiger partial charge in [-0.05, 0) is 57.8 Å². The first kappa shape index (κ1) is 68.7. The van der Waals surface area contributed by atoms with Crippen LogP contribution in [-0.4, -0.2) is 73.4 Å². The topological polar surface area (TPSA) is 105 Å². The van der Waals surface area contributed by atoms with Gasteiger partial charge in [-0.2, -0.15) is 0 Å². The highest BCUT2D eigenvalue weighted by Gasteiger charge is 2.27. The number of carbonyl (C=O) groups is 1. The number of quaternary nitrogens is 1. The molecule has 0 aromatic rings. The van der Waals surface area contributed by atoms with Crippen molar-refractivity contribution in [1.82, 2.24) is 5.32 Å². The van der Waals surface area contributed by atoms with E-state index in [0.717, 1.165) is 38.5 Å². The highest BCUT2D eigenvalue weighted by Crippen LogP contribution is 2.43. The molecule has 0 aliphatic rings. The Kier molecular flexibility index (Phi) is 51.6. The maximum atomic E-state index is 13.0. The first-order valence-electron chi connectivity index (χ1n) is 30.4. The van der Waals surface area contributed by atoms with Crippen molar-refractivity contribution in [1.29, 1.82) is 0 Å². The van der Waals surface area contributed by atoms with Crippen molar-refractivity contribution in [3.8, 4) is 0 Å². The summed E-state index contributed by atoms with van der Waals surface area (Å²) in [6, 6.07) is -0.863. The van der Waals surface area contributed by atoms with Crippen LogP contribution in [0.2, 0.25) is 0 Å². The minimum Gasteiger partial charge on any atom is -0.387 e. The van der Waals surface area contributed by atoms with E-state index in [9.17, 15) is 19.4 Å². The first-order valence-corrected chi connectivity index (χ1v) is 31.9. The molecule has 0 aromatic carbocycles. The normalized spacial score (nSPS) is 14.1. The van der Waals surface area contributed by atoms with E-state index in [1.165, 1.54) is 238 Å². The first-order chi connectivity index (χ1) is 34.0. The monoisotopic (exact) mass is 1010 g/mol. The summed E-state index contributed by atoms with van der Waals surface area (Å²) in [5, 5.41) is 13.9. The number of phosphoric ester groups is 1. The number of aliphatic hydroxyl groups excluding tert-OH is 1. The van der Waals surface area contributed by atoms with Crippen molar-refractivity contribution in [2.75, 3.05) is 40.9 Å². The summed E-state index contributed by atoms with van der Waals surface area (Å²) in [7, 11) is 1.56. The van der Waals surface area contributed by atoms with E-state index in [0.29, 0.717) is 17.4 Å². The molecule has 9 heteroatoms. The molecule has 8 nitrogen and oxygen atoms in total. The fraction of sp³-hybridized carbons (Fsp3) is 0.885. The van der Waals surface area contributed by atoms with Crippen LogP contribution in [0.3, 0.4) is 0 Å². The number of hydrogen-bond acceptors (Lipinski definition) is 5. The average molecular weight is 1010 g/mol. The van der Waals surface area contributed by atoms with Gasteiger partial charge in [0.15, 0.2) is 0 Å². The molecule has 3 unspecified atom stereocenters. The Labute approximate surface area is 436 Å². The number of nitrogens with zero attached hydrogens (tertiary/aromatic N) is 1. The van der Waals surface area contributed by atoms with Crippen molar-refractivity contribution < 1.29 is 32.9 Å². The number of hydrogen-bond donors (Lipinski definition) is 3. The average Bonchev–Trinajstić information content (AvgIpc) is 3.32. The van der Waals surface area contributed by atoms with Crippen LogP contribution in [0.15, 0.2) is 36.5 Å². The third-order valence-electron chi connectivity index (χ3n) is 13.8. The number of amides is 1. The highest BCUT2D eigenvalue weighted by molar-refractivity contribution is 7.47. The third kappa shape index (κ3) is 54.5. The zero-order chi connectivity index (χ0) is 51.3. The second kappa shape index (κ2) is 52.6. The van der Waals surface area contributed by atoms with Gasteiger partial charge >= 0.3 is 7.82 Å². The van der Waals surface area contributed by atoms with Crippen molar-refractivity contribution in [3.63, 3.8) is 0 Å². The second-order valence-electron chi connectivity index (χ2n) is 22.1. The molecule has 0 bridgehead atoms. The number of phosphoric acid groups is 1. The molecule has 414 valence electrons. The second-order valence-corrected chi connectivity index (χ2v) is 23.5. The SMILES string of the molecule is CCCCCCCCCCCCCC/C=C\CCCCCCCCCCCCCCC(=O)NC(COP(=O)(O)OCC[N+](C)(C)C)C(O)/C=C/CC/C=C/CCCCCCCCCCCCCCCC. The van der Waals surface area contributed by atoms with E-state index in [2.05, 4.69) is 43.5 Å². The number of unbranched alkanes of at least 4 members (excludes halogenated alkanes) is 39. The Morgan fingerprint density at radius 1 is 0.471 bits per heavy atom. The Morgan fingerprint density at radius 3 is 1.14 bits per heavy atom. The van der Waals surface area contributed by atoms with Crippen LogP contribution in [-0.2, 0) is 18.4 Å². The molecule has 0 spiro atoms. The molecular weight excluding hydrogens is 888 g/mol. The van der Waals surface area contributed by atoms with Gasteiger partial charge in [-0.3, -0.25) is 13.8 Å². The smallest absolute Gasteiger partial charge is 0.387 e. The maximum Gasteiger partial charge on any atom is 0.472 e. The quantitative estimate of drug-likeness (QED) is 0.0243. The summed E-state index contributed by atoms with van der Waals surface area (Å²) in [6.07, 6.45) is 68.3. The number of allylic oxidation sites excluding steroid dienone is 5. The lowest BCUT2D eigenvalue weighted by Crippen LogP contribution is -2.45. The highest BCUT2D eigenvalue weighted by atomic mass is 31.2. The number of nitrogens with one attached hydrogen (secondary N) is 1. The van der Waals surface area contributed by atoms with Gasteiger partial charge in [-0.1, -0.05) is 269 Å². The number of aliphatic hydroxyl groups is 1. The Balaban J connectivity index is 4.17. The largest absolute Gasteiger partial charge is 0.472 e.